The Labute approximate surface area is 88.0 Å². The quantitative estimate of drug-likeness (QED) is 0.766. The van der Waals surface area contributed by atoms with Crippen LogP contribution in [0, 0.1) is 5.82 Å². The van der Waals surface area contributed by atoms with Gasteiger partial charge in [0, 0.05) is 24.1 Å². The van der Waals surface area contributed by atoms with Crippen molar-refractivity contribution < 1.29 is 13.5 Å². The second-order valence-corrected chi connectivity index (χ2v) is 3.36. The Hall–Kier alpha value is -1.16. The number of alkyl halides is 1. The van der Waals surface area contributed by atoms with E-state index >= 15 is 0 Å². The van der Waals surface area contributed by atoms with Crippen molar-refractivity contribution in [3.8, 4) is 5.75 Å². The molecule has 0 saturated heterocycles. The minimum Gasteiger partial charge on any atom is -0.493 e. The summed E-state index contributed by atoms with van der Waals surface area (Å²) < 4.78 is 30.0. The summed E-state index contributed by atoms with van der Waals surface area (Å²) >= 11 is 0. The summed E-state index contributed by atoms with van der Waals surface area (Å²) in [5.74, 6) is 0.0214. The van der Waals surface area contributed by atoms with E-state index in [2.05, 4.69) is 0 Å². The molecule has 0 aliphatic carbocycles. The third-order valence-electron chi connectivity index (χ3n) is 2.00. The number of benzene rings is 1. The summed E-state index contributed by atoms with van der Waals surface area (Å²) in [6.07, 6.45) is 0.301. The van der Waals surface area contributed by atoms with E-state index in [9.17, 15) is 8.78 Å². The normalized spacial score (nSPS) is 12.5. The zero-order valence-electron chi connectivity index (χ0n) is 8.67. The van der Waals surface area contributed by atoms with E-state index < -0.39 is 6.67 Å². The minimum absolute atomic E-state index is 0.231. The summed E-state index contributed by atoms with van der Waals surface area (Å²) in [5.41, 5.74) is 6.42. The van der Waals surface area contributed by atoms with Gasteiger partial charge in [0.05, 0.1) is 13.3 Å². The van der Waals surface area contributed by atoms with E-state index in [0.717, 1.165) is 5.56 Å². The number of hydrogen-bond donors (Lipinski definition) is 1. The van der Waals surface area contributed by atoms with Crippen molar-refractivity contribution in [1.29, 1.82) is 0 Å². The van der Waals surface area contributed by atoms with Gasteiger partial charge in [0.2, 0.25) is 0 Å². The fraction of sp³-hybridized carbons (Fsp3) is 0.455. The van der Waals surface area contributed by atoms with Gasteiger partial charge < -0.3 is 10.5 Å². The zero-order valence-corrected chi connectivity index (χ0v) is 8.67. The molecule has 84 valence electrons. The summed E-state index contributed by atoms with van der Waals surface area (Å²) in [6, 6.07) is 3.97. The molecule has 0 radical (unpaired) electrons. The fourth-order valence-electron chi connectivity index (χ4n) is 1.25. The lowest BCUT2D eigenvalue weighted by Gasteiger charge is -2.13. The first-order chi connectivity index (χ1) is 7.15. The topological polar surface area (TPSA) is 35.2 Å². The van der Waals surface area contributed by atoms with Crippen molar-refractivity contribution >= 4 is 0 Å². The number of hydrogen-bond acceptors (Lipinski definition) is 2. The van der Waals surface area contributed by atoms with Gasteiger partial charge in [0.15, 0.2) is 0 Å². The lowest BCUT2D eigenvalue weighted by molar-refractivity contribution is 0.285. The maximum absolute atomic E-state index is 12.9. The van der Waals surface area contributed by atoms with Crippen molar-refractivity contribution in [2.45, 2.75) is 19.4 Å². The van der Waals surface area contributed by atoms with Crippen LogP contribution in [0.1, 0.15) is 24.9 Å². The first kappa shape index (κ1) is 11.9. The molecule has 2 nitrogen and oxygen atoms in total. The molecule has 15 heavy (non-hydrogen) atoms. The van der Waals surface area contributed by atoms with Gasteiger partial charge in [-0.05, 0) is 13.0 Å². The van der Waals surface area contributed by atoms with Crippen molar-refractivity contribution in [1.82, 2.24) is 0 Å². The number of halogens is 2. The zero-order chi connectivity index (χ0) is 11.3. The molecule has 4 heteroatoms. The van der Waals surface area contributed by atoms with Crippen LogP contribution in [0.5, 0.6) is 5.75 Å². The Morgan fingerprint density at radius 1 is 1.47 bits per heavy atom. The molecule has 0 saturated carbocycles. The average Bonchev–Trinajstić information content (AvgIpc) is 2.18. The van der Waals surface area contributed by atoms with Crippen molar-refractivity contribution in [2.75, 3.05) is 13.3 Å². The highest BCUT2D eigenvalue weighted by molar-refractivity contribution is 5.36. The first-order valence-electron chi connectivity index (χ1n) is 4.89. The molecule has 0 heterocycles. The molecule has 1 rings (SSSR count). The van der Waals surface area contributed by atoms with Crippen LogP contribution >= 0.6 is 0 Å². The second-order valence-electron chi connectivity index (χ2n) is 3.36. The maximum Gasteiger partial charge on any atom is 0.126 e. The molecule has 1 aromatic rings. The highest BCUT2D eigenvalue weighted by atomic mass is 19.1. The highest BCUT2D eigenvalue weighted by Crippen LogP contribution is 2.24. The third kappa shape index (κ3) is 3.47. The van der Waals surface area contributed by atoms with E-state index in [1.165, 1.54) is 12.1 Å². The van der Waals surface area contributed by atoms with E-state index in [1.807, 2.05) is 0 Å². The van der Waals surface area contributed by atoms with Gasteiger partial charge in [-0.2, -0.15) is 0 Å². The van der Waals surface area contributed by atoms with Gasteiger partial charge in [-0.15, -0.1) is 0 Å². The monoisotopic (exact) mass is 215 g/mol. The van der Waals surface area contributed by atoms with Crippen LogP contribution in [-0.2, 0) is 0 Å². The summed E-state index contributed by atoms with van der Waals surface area (Å²) in [6.45, 7) is 1.58. The molecule has 0 unspecified atom stereocenters. The Bertz CT molecular complexity index is 315. The standard InChI is InChI=1S/C11H15F2NO/c1-8(14)10-4-3-9(13)7-11(10)15-6-2-5-12/h3-4,7-8H,2,5-6,14H2,1H3/t8-/m1/s1. The van der Waals surface area contributed by atoms with Gasteiger partial charge in [-0.25, -0.2) is 4.39 Å². The van der Waals surface area contributed by atoms with Crippen LogP contribution in [0.4, 0.5) is 8.78 Å². The van der Waals surface area contributed by atoms with Gasteiger partial charge in [0.25, 0.3) is 0 Å². The van der Waals surface area contributed by atoms with Gasteiger partial charge in [0.1, 0.15) is 11.6 Å². The molecule has 1 atom stereocenters. The van der Waals surface area contributed by atoms with Crippen LogP contribution in [0.25, 0.3) is 0 Å². The van der Waals surface area contributed by atoms with E-state index in [-0.39, 0.29) is 18.5 Å². The number of ether oxygens (including phenoxy) is 1. The molecule has 0 aromatic heterocycles. The van der Waals surface area contributed by atoms with E-state index in [1.54, 1.807) is 13.0 Å². The lowest BCUT2D eigenvalue weighted by atomic mass is 10.1. The molecule has 0 spiro atoms. The van der Waals surface area contributed by atoms with Crippen LogP contribution in [-0.4, -0.2) is 13.3 Å². The molecule has 0 amide bonds. The molecule has 2 N–H and O–H groups in total. The summed E-state index contributed by atoms with van der Waals surface area (Å²) in [4.78, 5) is 0. The molecule has 0 aliphatic heterocycles. The Morgan fingerprint density at radius 3 is 2.80 bits per heavy atom. The van der Waals surface area contributed by atoms with Crippen LogP contribution in [0.2, 0.25) is 0 Å². The predicted octanol–water partition coefficient (Wildman–Crippen LogP) is 2.58. The predicted molar refractivity (Wildman–Crippen MR) is 55.1 cm³/mol. The summed E-state index contributed by atoms with van der Waals surface area (Å²) in [7, 11) is 0. The second kappa shape index (κ2) is 5.66. The first-order valence-corrected chi connectivity index (χ1v) is 4.89. The lowest BCUT2D eigenvalue weighted by Crippen LogP contribution is -2.09. The van der Waals surface area contributed by atoms with Crippen LogP contribution in [0.3, 0.4) is 0 Å². The molecule has 0 fully saturated rings. The Balaban J connectivity index is 2.77. The molecule has 0 aliphatic rings. The Kier molecular flexibility index (Phi) is 4.49. The number of nitrogens with two attached hydrogens (primary N) is 1. The molecule has 0 bridgehead atoms. The van der Waals surface area contributed by atoms with Gasteiger partial charge >= 0.3 is 0 Å². The van der Waals surface area contributed by atoms with Crippen LogP contribution in [0.15, 0.2) is 18.2 Å². The smallest absolute Gasteiger partial charge is 0.126 e. The van der Waals surface area contributed by atoms with Gasteiger partial charge in [-0.1, -0.05) is 6.07 Å². The molecule has 1 aromatic carbocycles. The molecular weight excluding hydrogens is 200 g/mol. The van der Waals surface area contributed by atoms with E-state index in [0.29, 0.717) is 12.2 Å². The van der Waals surface area contributed by atoms with Crippen LogP contribution < -0.4 is 10.5 Å². The van der Waals surface area contributed by atoms with Gasteiger partial charge in [-0.3, -0.25) is 4.39 Å². The SMILES string of the molecule is C[C@@H](N)c1ccc(F)cc1OCCCF. The fourth-order valence-corrected chi connectivity index (χ4v) is 1.25. The van der Waals surface area contributed by atoms with Crippen molar-refractivity contribution in [3.63, 3.8) is 0 Å². The third-order valence-corrected chi connectivity index (χ3v) is 2.00. The summed E-state index contributed by atoms with van der Waals surface area (Å²) in [5, 5.41) is 0. The highest BCUT2D eigenvalue weighted by Gasteiger charge is 2.09. The number of rotatable bonds is 5. The Morgan fingerprint density at radius 2 is 2.20 bits per heavy atom. The maximum atomic E-state index is 12.9. The minimum atomic E-state index is -0.442. The van der Waals surface area contributed by atoms with Crippen molar-refractivity contribution in [3.05, 3.63) is 29.6 Å². The largest absolute Gasteiger partial charge is 0.493 e. The van der Waals surface area contributed by atoms with E-state index in [4.69, 9.17) is 10.5 Å². The molecular formula is C11H15F2NO. The average molecular weight is 215 g/mol. The van der Waals surface area contributed by atoms with Crippen molar-refractivity contribution in [2.24, 2.45) is 5.73 Å².